The summed E-state index contributed by atoms with van der Waals surface area (Å²) in [5, 5.41) is 16.8. The van der Waals surface area contributed by atoms with Crippen molar-refractivity contribution in [1.82, 2.24) is 54.6 Å². The highest BCUT2D eigenvalue weighted by Gasteiger charge is 2.22. The standard InChI is InChI=1S/C43H53N15O4/c1-6-57-34(19-27(3)52-57)40-48-25-32-31-21-29(38(44)59)23-36(62-18-10-13-54-16-11-47-12-17-54)37(31)56(41(32)51-40)15-9-8-14-55(42-33(46-5)22-30(24-49-42)39(45)60)26-50-43(61)35-20-28(4)53-58(35)7-2/h8-9,19-25,47H,5-7,10-18,26H2,1-4H3,(H2,44,59)(H2,45,60)(H,50,61)/b9-8+. The predicted molar refractivity (Wildman–Crippen MR) is 238 cm³/mol. The van der Waals surface area contributed by atoms with Crippen LogP contribution in [0.4, 0.5) is 11.5 Å². The number of amides is 3. The molecule has 7 rings (SSSR count). The molecular formula is C43H53N15O4. The van der Waals surface area contributed by atoms with Crippen LogP contribution >= 0.6 is 0 Å². The van der Waals surface area contributed by atoms with Gasteiger partial charge < -0.3 is 41.2 Å². The maximum absolute atomic E-state index is 13.4. The van der Waals surface area contributed by atoms with Gasteiger partial charge in [0.05, 0.1) is 35.7 Å². The van der Waals surface area contributed by atoms with E-state index in [-0.39, 0.29) is 24.7 Å². The van der Waals surface area contributed by atoms with Crippen molar-refractivity contribution in [3.8, 4) is 17.3 Å². The Bertz CT molecular complexity index is 2650. The maximum atomic E-state index is 13.4. The molecule has 3 amide bonds. The number of rotatable bonds is 19. The van der Waals surface area contributed by atoms with E-state index in [1.54, 1.807) is 34.0 Å². The van der Waals surface area contributed by atoms with Crippen molar-refractivity contribution in [3.05, 3.63) is 83.1 Å². The summed E-state index contributed by atoms with van der Waals surface area (Å²) >= 11 is 0. The number of allylic oxidation sites excluding steroid dienone is 1. The van der Waals surface area contributed by atoms with Gasteiger partial charge in [-0.05, 0) is 71.2 Å². The van der Waals surface area contributed by atoms with Gasteiger partial charge in [0.25, 0.3) is 5.91 Å². The maximum Gasteiger partial charge on any atom is 0.270 e. The van der Waals surface area contributed by atoms with Crippen molar-refractivity contribution in [2.75, 3.05) is 57.4 Å². The van der Waals surface area contributed by atoms with Crippen molar-refractivity contribution in [2.24, 2.45) is 16.5 Å². The number of anilines is 1. The quantitative estimate of drug-likeness (QED) is 0.0398. The molecule has 19 nitrogen and oxygen atoms in total. The lowest BCUT2D eigenvalue weighted by molar-refractivity contribution is 0.0941. The summed E-state index contributed by atoms with van der Waals surface area (Å²) in [6, 6.07) is 8.66. The van der Waals surface area contributed by atoms with Crippen molar-refractivity contribution in [1.29, 1.82) is 0 Å². The van der Waals surface area contributed by atoms with Gasteiger partial charge >= 0.3 is 0 Å². The van der Waals surface area contributed by atoms with E-state index in [9.17, 15) is 14.4 Å². The molecule has 62 heavy (non-hydrogen) atoms. The van der Waals surface area contributed by atoms with E-state index in [2.05, 4.69) is 42.4 Å². The van der Waals surface area contributed by atoms with Crippen LogP contribution in [-0.4, -0.2) is 121 Å². The molecule has 1 saturated heterocycles. The highest BCUT2D eigenvalue weighted by molar-refractivity contribution is 6.11. The van der Waals surface area contributed by atoms with E-state index in [1.807, 2.05) is 55.2 Å². The fourth-order valence-corrected chi connectivity index (χ4v) is 7.67. The Kier molecular flexibility index (Phi) is 13.3. The topological polar surface area (TPSA) is 235 Å². The number of aliphatic imine (C=N–C) groups is 1. The Hall–Kier alpha value is -6.99. The zero-order valence-electron chi connectivity index (χ0n) is 35.6. The Morgan fingerprint density at radius 3 is 2.40 bits per heavy atom. The molecule has 6 N–H and O–H groups in total. The van der Waals surface area contributed by atoms with E-state index in [0.717, 1.165) is 72.5 Å². The SMILES string of the molecule is C=Nc1cc(C(N)=O)cnc1N(C/C=C/Cn1c2nc(-c3cc(C)nn3CC)ncc2c2cc(C(N)=O)cc(OCCCN3CCNCC3)c21)CNC(=O)c1cc(C)nn1CC. The Morgan fingerprint density at radius 1 is 0.935 bits per heavy atom. The average molecular weight is 844 g/mol. The van der Waals surface area contributed by atoms with Crippen LogP contribution in [0.5, 0.6) is 5.75 Å². The number of primary amides is 2. The highest BCUT2D eigenvalue weighted by Crippen LogP contribution is 2.37. The third-order valence-electron chi connectivity index (χ3n) is 10.7. The second-order valence-electron chi connectivity index (χ2n) is 15.0. The molecule has 1 aromatic carbocycles. The van der Waals surface area contributed by atoms with Crippen LogP contribution in [0.2, 0.25) is 0 Å². The third kappa shape index (κ3) is 9.32. The van der Waals surface area contributed by atoms with Crippen LogP contribution in [0.15, 0.2) is 59.9 Å². The number of nitrogens with one attached hydrogen (secondary N) is 2. The number of piperazine rings is 1. The Labute approximate surface area is 358 Å². The van der Waals surface area contributed by atoms with Crippen molar-refractivity contribution >= 4 is 57.9 Å². The molecule has 0 atom stereocenters. The first-order chi connectivity index (χ1) is 30.0. The van der Waals surface area contributed by atoms with E-state index in [1.165, 1.54) is 12.3 Å². The van der Waals surface area contributed by atoms with Gasteiger partial charge in [0.1, 0.15) is 28.5 Å². The van der Waals surface area contributed by atoms with Crippen molar-refractivity contribution in [2.45, 2.75) is 53.8 Å². The van der Waals surface area contributed by atoms with Gasteiger partial charge in [-0.1, -0.05) is 12.2 Å². The molecule has 1 aliphatic rings. The Morgan fingerprint density at radius 2 is 1.68 bits per heavy atom. The van der Waals surface area contributed by atoms with Crippen LogP contribution in [0.25, 0.3) is 33.5 Å². The largest absolute Gasteiger partial charge is 0.491 e. The zero-order valence-corrected chi connectivity index (χ0v) is 35.6. The van der Waals surface area contributed by atoms with Crippen LogP contribution in [-0.2, 0) is 19.6 Å². The highest BCUT2D eigenvalue weighted by atomic mass is 16.5. The summed E-state index contributed by atoms with van der Waals surface area (Å²) < 4.78 is 12.1. The first-order valence-corrected chi connectivity index (χ1v) is 20.7. The van der Waals surface area contributed by atoms with Crippen LogP contribution in [0.3, 0.4) is 0 Å². The monoisotopic (exact) mass is 843 g/mol. The van der Waals surface area contributed by atoms with Crippen LogP contribution in [0, 0.1) is 13.8 Å². The molecule has 1 aliphatic heterocycles. The van der Waals surface area contributed by atoms with Gasteiger partial charge in [0.2, 0.25) is 11.8 Å². The fourth-order valence-electron chi connectivity index (χ4n) is 7.67. The smallest absolute Gasteiger partial charge is 0.270 e. The van der Waals surface area contributed by atoms with E-state index in [0.29, 0.717) is 66.2 Å². The van der Waals surface area contributed by atoms with Crippen molar-refractivity contribution < 1.29 is 19.1 Å². The van der Waals surface area contributed by atoms with Crippen molar-refractivity contribution in [3.63, 3.8) is 0 Å². The fraction of sp³-hybridized carbons (Fsp3) is 0.372. The molecule has 0 unspecified atom stereocenters. The lowest BCUT2D eigenvalue weighted by Gasteiger charge is -2.27. The Balaban J connectivity index is 1.25. The zero-order chi connectivity index (χ0) is 43.9. The number of hydrogen-bond acceptors (Lipinski definition) is 13. The van der Waals surface area contributed by atoms with Gasteiger partial charge in [-0.25, -0.2) is 15.0 Å². The molecule has 6 heterocycles. The van der Waals surface area contributed by atoms with Gasteiger partial charge in [0.15, 0.2) is 11.6 Å². The first-order valence-electron chi connectivity index (χ1n) is 20.7. The number of pyridine rings is 1. The second-order valence-corrected chi connectivity index (χ2v) is 15.0. The number of aromatic nitrogens is 8. The summed E-state index contributed by atoms with van der Waals surface area (Å²) in [7, 11) is 0. The minimum atomic E-state index is -0.657. The first kappa shape index (κ1) is 43.1. The molecule has 5 aromatic heterocycles. The van der Waals surface area contributed by atoms with Gasteiger partial charge in [-0.3, -0.25) is 28.7 Å². The van der Waals surface area contributed by atoms with Gasteiger partial charge in [-0.2, -0.15) is 10.2 Å². The summed E-state index contributed by atoms with van der Waals surface area (Å²) in [4.78, 5) is 60.9. The minimum absolute atomic E-state index is 0.0286. The third-order valence-corrected chi connectivity index (χ3v) is 10.7. The number of hydrogen-bond donors (Lipinski definition) is 4. The van der Waals surface area contributed by atoms with Crippen LogP contribution in [0.1, 0.15) is 62.9 Å². The number of aryl methyl sites for hydroxylation is 4. The molecule has 19 heteroatoms. The van der Waals surface area contributed by atoms with E-state index >= 15 is 0 Å². The molecule has 0 saturated carbocycles. The molecule has 1 fully saturated rings. The van der Waals surface area contributed by atoms with Gasteiger partial charge in [0, 0.05) is 87.6 Å². The number of carbonyl (C=O) groups excluding carboxylic acids is 3. The summed E-state index contributed by atoms with van der Waals surface area (Å²) in [6.45, 7) is 18.3. The lowest BCUT2D eigenvalue weighted by atomic mass is 10.1. The minimum Gasteiger partial charge on any atom is -0.491 e. The molecular weight excluding hydrogens is 791 g/mol. The van der Waals surface area contributed by atoms with Gasteiger partial charge in [-0.15, -0.1) is 0 Å². The molecule has 0 spiro atoms. The summed E-state index contributed by atoms with van der Waals surface area (Å²) in [6.07, 6.45) is 7.83. The lowest BCUT2D eigenvalue weighted by Crippen LogP contribution is -2.43. The number of nitrogens with two attached hydrogens (primary N) is 2. The van der Waals surface area contributed by atoms with Crippen LogP contribution < -0.4 is 31.7 Å². The number of ether oxygens (including phenoxy) is 1. The number of fused-ring (bicyclic) bond motifs is 3. The number of benzene rings is 1. The number of nitrogens with zero attached hydrogens (tertiary/aromatic N) is 11. The predicted octanol–water partition coefficient (Wildman–Crippen LogP) is 3.35. The molecule has 324 valence electrons. The average Bonchev–Trinajstić information content (AvgIpc) is 3.96. The summed E-state index contributed by atoms with van der Waals surface area (Å²) in [5.41, 5.74) is 16.4. The summed E-state index contributed by atoms with van der Waals surface area (Å²) in [5.74, 6) is -0.175. The number of carbonyl (C=O) groups is 3. The normalized spacial score (nSPS) is 13.3. The van der Waals surface area contributed by atoms with E-state index < -0.39 is 11.8 Å². The second kappa shape index (κ2) is 19.2. The molecule has 0 bridgehead atoms. The molecule has 0 aliphatic carbocycles. The molecule has 0 radical (unpaired) electrons. The molecule has 6 aromatic rings. The van der Waals surface area contributed by atoms with E-state index in [4.69, 9.17) is 26.2 Å².